The highest BCUT2D eigenvalue weighted by atomic mass is 32.2. The van der Waals surface area contributed by atoms with Gasteiger partial charge in [-0.1, -0.05) is 4.83 Å². The summed E-state index contributed by atoms with van der Waals surface area (Å²) in [6.07, 6.45) is 1.67. The Bertz CT molecular complexity index is 731. The molecule has 0 aliphatic rings. The van der Waals surface area contributed by atoms with Crippen molar-refractivity contribution in [2.24, 2.45) is 0 Å². The van der Waals surface area contributed by atoms with Gasteiger partial charge in [0.05, 0.1) is 14.7 Å². The molecule has 7 nitrogen and oxygen atoms in total. The monoisotopic (exact) mass is 314 g/mol. The van der Waals surface area contributed by atoms with Gasteiger partial charge < -0.3 is 0 Å². The van der Waals surface area contributed by atoms with Gasteiger partial charge in [-0.25, -0.2) is 0 Å². The van der Waals surface area contributed by atoms with Crippen LogP contribution in [0.15, 0.2) is 35.4 Å². The number of sulfonamides is 1. The number of nitro groups is 1. The summed E-state index contributed by atoms with van der Waals surface area (Å²) in [5.74, 6) is 0. The number of benzene rings is 1. The molecule has 1 aromatic heterocycles. The summed E-state index contributed by atoms with van der Waals surface area (Å²) in [6.45, 7) is 3.76. The Morgan fingerprint density at radius 2 is 1.85 bits per heavy atom. The number of hydrogen-bond donors (Lipinski definition) is 1. The maximum absolute atomic E-state index is 12.1. The number of aromatic nitrogens is 1. The smallest absolute Gasteiger partial charge is 0.258 e. The summed E-state index contributed by atoms with van der Waals surface area (Å²) in [5.41, 5.74) is 0.820. The first-order chi connectivity index (χ1) is 9.29. The van der Waals surface area contributed by atoms with Gasteiger partial charge >= 0.3 is 10.0 Å². The fourth-order valence-electron chi connectivity index (χ4n) is 1.48. The zero-order chi connectivity index (χ0) is 14.9. The Kier molecular flexibility index (Phi) is 3.73. The summed E-state index contributed by atoms with van der Waals surface area (Å²) in [4.78, 5) is 13.3. The van der Waals surface area contributed by atoms with E-state index in [9.17, 15) is 18.5 Å². The highest BCUT2D eigenvalue weighted by Crippen LogP contribution is 2.16. The maximum Gasteiger partial charge on any atom is 0.307 e. The number of nitrogens with zero attached hydrogens (tertiary/aromatic N) is 2. The van der Waals surface area contributed by atoms with Crippen LogP contribution in [0.4, 0.5) is 5.69 Å². The molecule has 0 unspecified atom stereocenters. The van der Waals surface area contributed by atoms with Crippen molar-refractivity contribution in [1.29, 1.82) is 0 Å². The third-order valence-electron chi connectivity index (χ3n) is 2.67. The highest BCUT2D eigenvalue weighted by molar-refractivity contribution is 7.92. The van der Waals surface area contributed by atoms with Crippen LogP contribution in [0.3, 0.4) is 0 Å². The topological polar surface area (TPSA) is 93.2 Å². The van der Waals surface area contributed by atoms with Gasteiger partial charge in [0.25, 0.3) is 5.69 Å². The predicted molar refractivity (Wildman–Crippen MR) is 73.6 cm³/mol. The van der Waals surface area contributed by atoms with E-state index in [0.717, 1.165) is 22.6 Å². The number of nitrogens with one attached hydrogen (secondary N) is 1. The minimum atomic E-state index is -3.76. The molecule has 1 N–H and O–H groups in total. The SMILES string of the molecule is Cc1c[n+](NS(=O)(=O)c2ccc([N+](=O)[O-])cc2)sc1C. The first-order valence-corrected chi connectivity index (χ1v) is 7.82. The molecular formula is C11H12N3O4S2+. The molecule has 0 radical (unpaired) electrons. The van der Waals surface area contributed by atoms with E-state index in [1.54, 1.807) is 6.20 Å². The van der Waals surface area contributed by atoms with Gasteiger partial charge in [0, 0.05) is 17.7 Å². The van der Waals surface area contributed by atoms with Crippen molar-refractivity contribution in [3.63, 3.8) is 0 Å². The summed E-state index contributed by atoms with van der Waals surface area (Å²) in [5, 5.41) is 10.5. The molecule has 0 aliphatic heterocycles. The van der Waals surface area contributed by atoms with E-state index in [0.29, 0.717) is 0 Å². The third kappa shape index (κ3) is 2.94. The molecule has 2 rings (SSSR count). The van der Waals surface area contributed by atoms with Gasteiger partial charge in [0.1, 0.15) is 0 Å². The summed E-state index contributed by atoms with van der Waals surface area (Å²) < 4.78 is 25.6. The summed E-state index contributed by atoms with van der Waals surface area (Å²) in [7, 11) is -3.76. The molecule has 0 saturated heterocycles. The van der Waals surface area contributed by atoms with Gasteiger partial charge in [-0.2, -0.15) is 8.42 Å². The molecule has 0 bridgehead atoms. The molecule has 0 atom stereocenters. The number of aryl methyl sites for hydroxylation is 2. The number of nitro benzene ring substituents is 1. The molecule has 1 heterocycles. The maximum atomic E-state index is 12.1. The zero-order valence-corrected chi connectivity index (χ0v) is 12.4. The largest absolute Gasteiger partial charge is 0.307 e. The lowest BCUT2D eigenvalue weighted by Gasteiger charge is -2.00. The lowest BCUT2D eigenvalue weighted by Crippen LogP contribution is -2.44. The van der Waals surface area contributed by atoms with Crippen molar-refractivity contribution in [3.8, 4) is 0 Å². The normalized spacial score (nSPS) is 11.3. The molecular weight excluding hydrogens is 302 g/mol. The molecule has 2 aromatic rings. The molecule has 106 valence electrons. The van der Waals surface area contributed by atoms with Crippen molar-refractivity contribution < 1.29 is 17.4 Å². The molecule has 0 aliphatic carbocycles. The Labute approximate surface area is 119 Å². The standard InChI is InChI=1S/C11H12N3O4S2/c1-8-7-13(19-9(8)2)12-20(17,18)11-5-3-10(4-6-11)14(15)16/h3-7,12H,1-2H3/q+1. The molecule has 0 fully saturated rings. The number of non-ortho nitro benzene ring substituents is 1. The number of hydrogen-bond acceptors (Lipinski definition) is 5. The molecule has 0 spiro atoms. The van der Waals surface area contributed by atoms with Crippen LogP contribution in [0.2, 0.25) is 0 Å². The van der Waals surface area contributed by atoms with Crippen LogP contribution in [-0.4, -0.2) is 13.3 Å². The van der Waals surface area contributed by atoms with Crippen LogP contribution in [0.1, 0.15) is 10.4 Å². The van der Waals surface area contributed by atoms with Crippen molar-refractivity contribution in [3.05, 3.63) is 51.0 Å². The lowest BCUT2D eigenvalue weighted by molar-refractivity contribution is -0.564. The van der Waals surface area contributed by atoms with Gasteiger partial charge in [-0.3, -0.25) is 10.1 Å². The van der Waals surface area contributed by atoms with E-state index in [4.69, 9.17) is 0 Å². The van der Waals surface area contributed by atoms with E-state index >= 15 is 0 Å². The minimum absolute atomic E-state index is 0.0284. The molecule has 9 heteroatoms. The summed E-state index contributed by atoms with van der Waals surface area (Å²) >= 11 is 1.26. The van der Waals surface area contributed by atoms with Gasteiger partial charge in [-0.05, 0) is 30.0 Å². The van der Waals surface area contributed by atoms with Gasteiger partial charge in [-0.15, -0.1) is 0 Å². The fraction of sp³-hybridized carbons (Fsp3) is 0.182. The van der Waals surface area contributed by atoms with Crippen molar-refractivity contribution in [2.75, 3.05) is 4.83 Å². The van der Waals surface area contributed by atoms with Crippen LogP contribution in [-0.2, 0) is 10.0 Å². The van der Waals surface area contributed by atoms with Gasteiger partial charge in [0.2, 0.25) is 6.20 Å². The van der Waals surface area contributed by atoms with E-state index in [1.165, 1.54) is 27.7 Å². The van der Waals surface area contributed by atoms with E-state index in [2.05, 4.69) is 4.83 Å². The number of rotatable bonds is 4. The quantitative estimate of drug-likeness (QED) is 0.525. The van der Waals surface area contributed by atoms with E-state index in [1.807, 2.05) is 13.8 Å². The average Bonchev–Trinajstić information content (AvgIpc) is 2.67. The van der Waals surface area contributed by atoms with Gasteiger partial charge in [0.15, 0.2) is 11.5 Å². The van der Waals surface area contributed by atoms with Crippen LogP contribution in [0, 0.1) is 24.0 Å². The average molecular weight is 314 g/mol. The Balaban J connectivity index is 2.28. The van der Waals surface area contributed by atoms with E-state index < -0.39 is 14.9 Å². The second-order valence-electron chi connectivity index (χ2n) is 4.13. The molecule has 0 saturated carbocycles. The minimum Gasteiger partial charge on any atom is -0.258 e. The Morgan fingerprint density at radius 3 is 2.30 bits per heavy atom. The predicted octanol–water partition coefficient (Wildman–Crippen LogP) is 1.49. The lowest BCUT2D eigenvalue weighted by atomic mass is 10.3. The first-order valence-electron chi connectivity index (χ1n) is 5.56. The summed E-state index contributed by atoms with van der Waals surface area (Å²) in [6, 6.07) is 4.72. The molecule has 1 aromatic carbocycles. The Morgan fingerprint density at radius 1 is 1.25 bits per heavy atom. The van der Waals surface area contributed by atoms with Crippen LogP contribution in [0.5, 0.6) is 0 Å². The van der Waals surface area contributed by atoms with Crippen molar-refractivity contribution >= 4 is 27.2 Å². The highest BCUT2D eigenvalue weighted by Gasteiger charge is 2.22. The van der Waals surface area contributed by atoms with Crippen LogP contribution in [0.25, 0.3) is 0 Å². The first kappa shape index (κ1) is 14.4. The Hall–Kier alpha value is -2.00. The fourth-order valence-corrected chi connectivity index (χ4v) is 3.51. The third-order valence-corrected chi connectivity index (χ3v) is 5.10. The van der Waals surface area contributed by atoms with Crippen LogP contribution >= 0.6 is 11.5 Å². The second kappa shape index (κ2) is 5.17. The second-order valence-corrected chi connectivity index (χ2v) is 6.98. The van der Waals surface area contributed by atoms with Crippen molar-refractivity contribution in [2.45, 2.75) is 18.7 Å². The van der Waals surface area contributed by atoms with Crippen LogP contribution < -0.4 is 8.90 Å². The molecule has 20 heavy (non-hydrogen) atoms. The zero-order valence-electron chi connectivity index (χ0n) is 10.7. The van der Waals surface area contributed by atoms with Crippen molar-refractivity contribution in [1.82, 2.24) is 0 Å². The molecule has 0 amide bonds. The van der Waals surface area contributed by atoms with E-state index in [-0.39, 0.29) is 10.6 Å².